The van der Waals surface area contributed by atoms with Gasteiger partial charge in [0.15, 0.2) is 23.1 Å². The predicted molar refractivity (Wildman–Crippen MR) is 58.9 cm³/mol. The van der Waals surface area contributed by atoms with Gasteiger partial charge in [-0.3, -0.25) is 9.59 Å². The normalized spacial score (nSPS) is 13.8. The molecular weight excluding hydrogens is 224 g/mol. The van der Waals surface area contributed by atoms with Crippen molar-refractivity contribution in [3.8, 4) is 17.2 Å². The molecule has 1 aliphatic carbocycles. The molecule has 17 heavy (non-hydrogen) atoms. The molecule has 1 aromatic carbocycles. The second kappa shape index (κ2) is 3.62. The summed E-state index contributed by atoms with van der Waals surface area (Å²) in [5.41, 5.74) is -0.161. The minimum atomic E-state index is -0.536. The van der Waals surface area contributed by atoms with E-state index in [-0.39, 0.29) is 28.2 Å². The van der Waals surface area contributed by atoms with Gasteiger partial charge in [0, 0.05) is 5.56 Å². The number of fused-ring (bicyclic) bond motifs is 1. The van der Waals surface area contributed by atoms with Gasteiger partial charge in [0.1, 0.15) is 5.75 Å². The molecule has 2 rings (SSSR count). The van der Waals surface area contributed by atoms with Crippen molar-refractivity contribution in [2.45, 2.75) is 6.92 Å². The highest BCUT2D eigenvalue weighted by Crippen LogP contribution is 2.44. The summed E-state index contributed by atoms with van der Waals surface area (Å²) >= 11 is 0. The summed E-state index contributed by atoms with van der Waals surface area (Å²) in [4.78, 5) is 23.2. The first kappa shape index (κ1) is 11.2. The van der Waals surface area contributed by atoms with E-state index in [1.807, 2.05) is 0 Å². The van der Waals surface area contributed by atoms with Crippen LogP contribution in [0.25, 0.3) is 0 Å². The Morgan fingerprint density at radius 2 is 1.47 bits per heavy atom. The SMILES string of the molecule is COc1c(C)c(O)c2c(c1O)C(=O)C=CC2=O. The van der Waals surface area contributed by atoms with Crippen molar-refractivity contribution < 1.29 is 24.5 Å². The van der Waals surface area contributed by atoms with E-state index in [4.69, 9.17) is 4.74 Å². The Kier molecular flexibility index (Phi) is 2.38. The van der Waals surface area contributed by atoms with Gasteiger partial charge in [0.25, 0.3) is 0 Å². The number of carbonyl (C=O) groups excluding carboxylic acids is 2. The monoisotopic (exact) mass is 234 g/mol. The summed E-state index contributed by atoms with van der Waals surface area (Å²) in [5.74, 6) is -1.81. The number of methoxy groups -OCH3 is 1. The molecule has 0 amide bonds. The van der Waals surface area contributed by atoms with Crippen LogP contribution in [-0.2, 0) is 0 Å². The Morgan fingerprint density at radius 1 is 1.00 bits per heavy atom. The molecule has 5 nitrogen and oxygen atoms in total. The van der Waals surface area contributed by atoms with Crippen LogP contribution >= 0.6 is 0 Å². The molecule has 0 aromatic heterocycles. The summed E-state index contributed by atoms with van der Waals surface area (Å²) in [6.45, 7) is 1.49. The molecule has 2 N–H and O–H groups in total. The van der Waals surface area contributed by atoms with E-state index in [1.54, 1.807) is 0 Å². The number of phenolic OH excluding ortho intramolecular Hbond substituents is 2. The number of hydrogen-bond acceptors (Lipinski definition) is 5. The van der Waals surface area contributed by atoms with E-state index < -0.39 is 17.3 Å². The molecule has 0 aliphatic heterocycles. The Bertz CT molecular complexity index is 569. The molecule has 0 unspecified atom stereocenters. The molecule has 0 atom stereocenters. The lowest BCUT2D eigenvalue weighted by Crippen LogP contribution is -2.13. The zero-order valence-electron chi connectivity index (χ0n) is 9.27. The van der Waals surface area contributed by atoms with Crippen LogP contribution < -0.4 is 4.74 Å². The number of carbonyl (C=O) groups is 2. The largest absolute Gasteiger partial charge is 0.507 e. The average Bonchev–Trinajstić information content (AvgIpc) is 2.30. The zero-order valence-corrected chi connectivity index (χ0v) is 9.27. The van der Waals surface area contributed by atoms with Gasteiger partial charge in [-0.15, -0.1) is 0 Å². The minimum absolute atomic E-state index is 0.00213. The number of aromatic hydroxyl groups is 2. The number of allylic oxidation sites excluding steroid dienone is 2. The van der Waals surface area contributed by atoms with Crippen LogP contribution in [0.4, 0.5) is 0 Å². The molecule has 0 radical (unpaired) electrons. The maximum absolute atomic E-state index is 11.6. The van der Waals surface area contributed by atoms with E-state index in [0.717, 1.165) is 12.2 Å². The number of rotatable bonds is 1. The third-order valence-electron chi connectivity index (χ3n) is 2.72. The van der Waals surface area contributed by atoms with Crippen molar-refractivity contribution in [3.05, 3.63) is 28.8 Å². The molecule has 0 saturated carbocycles. The molecule has 0 saturated heterocycles. The fourth-order valence-electron chi connectivity index (χ4n) is 1.87. The van der Waals surface area contributed by atoms with E-state index >= 15 is 0 Å². The summed E-state index contributed by atoms with van der Waals surface area (Å²) < 4.78 is 4.91. The lowest BCUT2D eigenvalue weighted by molar-refractivity contribution is 0.0988. The quantitative estimate of drug-likeness (QED) is 0.716. The van der Waals surface area contributed by atoms with Crippen LogP contribution in [0.15, 0.2) is 12.2 Å². The molecule has 0 spiro atoms. The van der Waals surface area contributed by atoms with Crippen molar-refractivity contribution in [2.75, 3.05) is 7.11 Å². The van der Waals surface area contributed by atoms with Crippen molar-refractivity contribution in [1.82, 2.24) is 0 Å². The third kappa shape index (κ3) is 1.39. The van der Waals surface area contributed by atoms with Crippen molar-refractivity contribution in [1.29, 1.82) is 0 Å². The molecule has 0 heterocycles. The Hall–Kier alpha value is -2.30. The maximum Gasteiger partial charge on any atom is 0.190 e. The third-order valence-corrected chi connectivity index (χ3v) is 2.72. The maximum atomic E-state index is 11.6. The van der Waals surface area contributed by atoms with E-state index in [9.17, 15) is 19.8 Å². The van der Waals surface area contributed by atoms with Gasteiger partial charge >= 0.3 is 0 Å². The first-order valence-electron chi connectivity index (χ1n) is 4.88. The van der Waals surface area contributed by atoms with Gasteiger partial charge in [-0.05, 0) is 19.1 Å². The van der Waals surface area contributed by atoms with Crippen molar-refractivity contribution in [3.63, 3.8) is 0 Å². The smallest absolute Gasteiger partial charge is 0.190 e. The fourth-order valence-corrected chi connectivity index (χ4v) is 1.87. The number of ketones is 2. The van der Waals surface area contributed by atoms with Gasteiger partial charge in [-0.1, -0.05) is 0 Å². The zero-order chi connectivity index (χ0) is 12.7. The van der Waals surface area contributed by atoms with Gasteiger partial charge in [-0.2, -0.15) is 0 Å². The van der Waals surface area contributed by atoms with Gasteiger partial charge in [0.05, 0.1) is 18.2 Å². The lowest BCUT2D eigenvalue weighted by Gasteiger charge is -2.17. The van der Waals surface area contributed by atoms with E-state index in [0.29, 0.717) is 0 Å². The highest BCUT2D eigenvalue weighted by molar-refractivity contribution is 6.24. The first-order valence-corrected chi connectivity index (χ1v) is 4.88. The predicted octanol–water partition coefficient (Wildman–Crippen LogP) is 1.35. The Morgan fingerprint density at radius 3 is 1.94 bits per heavy atom. The van der Waals surface area contributed by atoms with Crippen LogP contribution in [0, 0.1) is 6.92 Å². The number of benzene rings is 1. The second-order valence-corrected chi connectivity index (χ2v) is 3.67. The fraction of sp³-hybridized carbons (Fsp3) is 0.167. The van der Waals surface area contributed by atoms with Crippen LogP contribution in [-0.4, -0.2) is 28.9 Å². The highest BCUT2D eigenvalue weighted by Gasteiger charge is 2.30. The first-order chi connectivity index (χ1) is 7.99. The van der Waals surface area contributed by atoms with Crippen LogP contribution in [0.5, 0.6) is 17.2 Å². The van der Waals surface area contributed by atoms with Crippen molar-refractivity contribution in [2.24, 2.45) is 0 Å². The molecule has 88 valence electrons. The van der Waals surface area contributed by atoms with Crippen LogP contribution in [0.1, 0.15) is 26.3 Å². The van der Waals surface area contributed by atoms with Gasteiger partial charge in [0.2, 0.25) is 0 Å². The molecular formula is C12H10O5. The summed E-state index contributed by atoms with van der Waals surface area (Å²) in [6, 6.07) is 0. The van der Waals surface area contributed by atoms with Gasteiger partial charge in [-0.25, -0.2) is 0 Å². The van der Waals surface area contributed by atoms with Gasteiger partial charge < -0.3 is 14.9 Å². The lowest BCUT2D eigenvalue weighted by atomic mass is 9.90. The second-order valence-electron chi connectivity index (χ2n) is 3.67. The number of ether oxygens (including phenoxy) is 1. The van der Waals surface area contributed by atoms with Crippen LogP contribution in [0.3, 0.4) is 0 Å². The topological polar surface area (TPSA) is 83.8 Å². The molecule has 1 aromatic rings. The standard InChI is InChI=1S/C12H10O5/c1-5-10(15)8-6(13)3-4-7(14)9(8)11(16)12(5)17-2/h3-4,15-16H,1-2H3. The van der Waals surface area contributed by atoms with E-state index in [1.165, 1.54) is 14.0 Å². The summed E-state index contributed by atoms with van der Waals surface area (Å²) in [7, 11) is 1.30. The summed E-state index contributed by atoms with van der Waals surface area (Å²) in [5, 5.41) is 19.8. The minimum Gasteiger partial charge on any atom is -0.507 e. The number of hydrogen-bond donors (Lipinski definition) is 2. The molecule has 1 aliphatic rings. The Balaban J connectivity index is 2.91. The highest BCUT2D eigenvalue weighted by atomic mass is 16.5. The van der Waals surface area contributed by atoms with Crippen LogP contribution in [0.2, 0.25) is 0 Å². The Labute approximate surface area is 97.0 Å². The molecule has 0 fully saturated rings. The summed E-state index contributed by atoms with van der Waals surface area (Å²) in [6.07, 6.45) is 2.12. The molecule has 5 heteroatoms. The van der Waals surface area contributed by atoms with Crippen molar-refractivity contribution >= 4 is 11.6 Å². The van der Waals surface area contributed by atoms with E-state index in [2.05, 4.69) is 0 Å². The molecule has 0 bridgehead atoms. The average molecular weight is 234 g/mol. The number of phenols is 2.